The fourth-order valence-electron chi connectivity index (χ4n) is 2.46. The third-order valence-electron chi connectivity index (χ3n) is 3.76. The second kappa shape index (κ2) is 5.80. The van der Waals surface area contributed by atoms with Gasteiger partial charge in [0.1, 0.15) is 0 Å². The number of rotatable bonds is 4. The molecule has 108 valence electrons. The Labute approximate surface area is 120 Å². The number of nitrogens with one attached hydrogen (secondary N) is 1. The lowest BCUT2D eigenvalue weighted by Crippen LogP contribution is -2.45. The van der Waals surface area contributed by atoms with Gasteiger partial charge in [0.2, 0.25) is 0 Å². The maximum atomic E-state index is 12.5. The van der Waals surface area contributed by atoms with Crippen LogP contribution < -0.4 is 10.9 Å². The van der Waals surface area contributed by atoms with E-state index in [9.17, 15) is 4.79 Å². The Bertz CT molecular complexity index is 637. The topological polar surface area (TPSA) is 34.0 Å². The van der Waals surface area contributed by atoms with Gasteiger partial charge < -0.3 is 9.88 Å². The van der Waals surface area contributed by atoms with Crippen molar-refractivity contribution in [3.8, 4) is 0 Å². The van der Waals surface area contributed by atoms with E-state index >= 15 is 0 Å². The molecule has 20 heavy (non-hydrogen) atoms. The van der Waals surface area contributed by atoms with E-state index in [1.54, 1.807) is 0 Å². The van der Waals surface area contributed by atoms with Gasteiger partial charge in [0, 0.05) is 24.2 Å². The summed E-state index contributed by atoms with van der Waals surface area (Å²) in [6.07, 6.45) is 1.90. The Morgan fingerprint density at radius 3 is 2.55 bits per heavy atom. The number of fused-ring (bicyclic) bond motifs is 1. The monoisotopic (exact) mass is 272 g/mol. The molecule has 0 amide bonds. The van der Waals surface area contributed by atoms with Gasteiger partial charge in [-0.05, 0) is 29.5 Å². The summed E-state index contributed by atoms with van der Waals surface area (Å²) in [6.45, 7) is 10.3. The van der Waals surface area contributed by atoms with Crippen LogP contribution in [0.4, 0.5) is 0 Å². The number of hydrogen-bond donors (Lipinski definition) is 1. The Kier molecular flexibility index (Phi) is 4.29. The van der Waals surface area contributed by atoms with Crippen molar-refractivity contribution in [3.63, 3.8) is 0 Å². The molecule has 0 aliphatic rings. The van der Waals surface area contributed by atoms with Crippen molar-refractivity contribution in [2.24, 2.45) is 5.41 Å². The van der Waals surface area contributed by atoms with Crippen LogP contribution in [0.3, 0.4) is 0 Å². The average Bonchev–Trinajstić information content (AvgIpc) is 2.40. The van der Waals surface area contributed by atoms with Gasteiger partial charge in [-0.1, -0.05) is 45.9 Å². The van der Waals surface area contributed by atoms with Gasteiger partial charge in [0.25, 0.3) is 5.56 Å². The molecule has 0 fully saturated rings. The Hall–Kier alpha value is -1.61. The summed E-state index contributed by atoms with van der Waals surface area (Å²) in [5, 5.41) is 5.28. The molecular weight excluding hydrogens is 248 g/mol. The number of benzene rings is 1. The van der Waals surface area contributed by atoms with Crippen molar-refractivity contribution >= 4 is 10.8 Å². The second-order valence-corrected chi connectivity index (χ2v) is 6.34. The predicted octanol–water partition coefficient (Wildman–Crippen LogP) is 3.03. The van der Waals surface area contributed by atoms with E-state index in [1.165, 1.54) is 0 Å². The maximum Gasteiger partial charge on any atom is 0.258 e. The first-order chi connectivity index (χ1) is 9.43. The van der Waals surface area contributed by atoms with Crippen molar-refractivity contribution in [1.29, 1.82) is 0 Å². The molecule has 2 aromatic rings. The fraction of sp³-hybridized carbons (Fsp3) is 0.471. The highest BCUT2D eigenvalue weighted by molar-refractivity contribution is 5.81. The van der Waals surface area contributed by atoms with E-state index in [1.807, 2.05) is 41.1 Å². The molecule has 1 heterocycles. The minimum Gasteiger partial charge on any atom is -0.313 e. The van der Waals surface area contributed by atoms with Gasteiger partial charge in [-0.3, -0.25) is 4.79 Å². The Morgan fingerprint density at radius 2 is 1.90 bits per heavy atom. The Balaban J connectivity index is 2.38. The molecule has 0 radical (unpaired) electrons. The van der Waals surface area contributed by atoms with Crippen molar-refractivity contribution in [2.75, 3.05) is 6.54 Å². The molecule has 1 aromatic heterocycles. The largest absolute Gasteiger partial charge is 0.313 e. The van der Waals surface area contributed by atoms with Gasteiger partial charge in [0.15, 0.2) is 0 Å². The smallest absolute Gasteiger partial charge is 0.258 e. The normalized spacial score (nSPS) is 13.6. The minimum atomic E-state index is 0.0928. The van der Waals surface area contributed by atoms with Crippen molar-refractivity contribution in [1.82, 2.24) is 9.88 Å². The molecule has 1 atom stereocenters. The third kappa shape index (κ3) is 3.10. The summed E-state index contributed by atoms with van der Waals surface area (Å²) < 4.78 is 1.82. The SMILES string of the molecule is CCNC(Cn1ccc2ccccc2c1=O)C(C)(C)C. The summed E-state index contributed by atoms with van der Waals surface area (Å²) in [5.41, 5.74) is 0.205. The van der Waals surface area contributed by atoms with Crippen LogP contribution in [0.1, 0.15) is 27.7 Å². The zero-order chi connectivity index (χ0) is 14.8. The van der Waals surface area contributed by atoms with Crippen LogP contribution in [-0.4, -0.2) is 17.2 Å². The van der Waals surface area contributed by atoms with E-state index in [2.05, 4.69) is 33.0 Å². The first kappa shape index (κ1) is 14.8. The summed E-state index contributed by atoms with van der Waals surface area (Å²) in [5.74, 6) is 0. The van der Waals surface area contributed by atoms with Crippen LogP contribution in [0.2, 0.25) is 0 Å². The lowest BCUT2D eigenvalue weighted by molar-refractivity contribution is 0.244. The van der Waals surface area contributed by atoms with E-state index < -0.39 is 0 Å². The number of hydrogen-bond acceptors (Lipinski definition) is 2. The van der Waals surface area contributed by atoms with Crippen LogP contribution in [0.25, 0.3) is 10.8 Å². The maximum absolute atomic E-state index is 12.5. The molecular formula is C17H24N2O. The molecule has 1 aromatic carbocycles. The highest BCUT2D eigenvalue weighted by Crippen LogP contribution is 2.20. The van der Waals surface area contributed by atoms with Gasteiger partial charge in [0.05, 0.1) is 0 Å². The molecule has 0 saturated carbocycles. The molecule has 0 spiro atoms. The quantitative estimate of drug-likeness (QED) is 0.928. The number of nitrogens with zero attached hydrogens (tertiary/aromatic N) is 1. The molecule has 0 bridgehead atoms. The summed E-state index contributed by atoms with van der Waals surface area (Å²) >= 11 is 0. The van der Waals surface area contributed by atoms with Crippen LogP contribution in [0.15, 0.2) is 41.3 Å². The van der Waals surface area contributed by atoms with Crippen LogP contribution in [0.5, 0.6) is 0 Å². The molecule has 3 heteroatoms. The highest BCUT2D eigenvalue weighted by atomic mass is 16.1. The molecule has 0 aliphatic carbocycles. The first-order valence-electron chi connectivity index (χ1n) is 7.25. The predicted molar refractivity (Wildman–Crippen MR) is 85.1 cm³/mol. The van der Waals surface area contributed by atoms with Crippen LogP contribution in [0, 0.1) is 5.41 Å². The van der Waals surface area contributed by atoms with E-state index in [0.717, 1.165) is 17.3 Å². The number of pyridine rings is 1. The fourth-order valence-corrected chi connectivity index (χ4v) is 2.46. The molecule has 0 aliphatic heterocycles. The van der Waals surface area contributed by atoms with Gasteiger partial charge in [-0.15, -0.1) is 0 Å². The number of likely N-dealkylation sites (N-methyl/N-ethyl adjacent to an activating group) is 1. The van der Waals surface area contributed by atoms with E-state index in [-0.39, 0.29) is 17.0 Å². The summed E-state index contributed by atoms with van der Waals surface area (Å²) in [7, 11) is 0. The summed E-state index contributed by atoms with van der Waals surface area (Å²) in [6, 6.07) is 10.0. The number of aromatic nitrogens is 1. The van der Waals surface area contributed by atoms with Crippen LogP contribution in [-0.2, 0) is 6.54 Å². The zero-order valence-electron chi connectivity index (χ0n) is 12.8. The van der Waals surface area contributed by atoms with Crippen molar-refractivity contribution in [3.05, 3.63) is 46.9 Å². The van der Waals surface area contributed by atoms with Gasteiger partial charge in [-0.25, -0.2) is 0 Å². The van der Waals surface area contributed by atoms with E-state index in [0.29, 0.717) is 6.54 Å². The van der Waals surface area contributed by atoms with Crippen LogP contribution >= 0.6 is 0 Å². The zero-order valence-corrected chi connectivity index (χ0v) is 12.8. The average molecular weight is 272 g/mol. The van der Waals surface area contributed by atoms with Gasteiger partial charge in [-0.2, -0.15) is 0 Å². The third-order valence-corrected chi connectivity index (χ3v) is 3.76. The molecule has 1 N–H and O–H groups in total. The minimum absolute atomic E-state index is 0.0928. The Morgan fingerprint density at radius 1 is 1.20 bits per heavy atom. The highest BCUT2D eigenvalue weighted by Gasteiger charge is 2.24. The first-order valence-corrected chi connectivity index (χ1v) is 7.25. The second-order valence-electron chi connectivity index (χ2n) is 6.34. The lowest BCUT2D eigenvalue weighted by Gasteiger charge is -2.32. The van der Waals surface area contributed by atoms with Crippen molar-refractivity contribution in [2.45, 2.75) is 40.3 Å². The van der Waals surface area contributed by atoms with Gasteiger partial charge >= 0.3 is 0 Å². The molecule has 1 unspecified atom stereocenters. The summed E-state index contributed by atoms with van der Waals surface area (Å²) in [4.78, 5) is 12.5. The standard InChI is InChI=1S/C17H24N2O/c1-5-18-15(17(2,3)4)12-19-11-10-13-8-6-7-9-14(13)16(19)20/h6-11,15,18H,5,12H2,1-4H3. The van der Waals surface area contributed by atoms with E-state index in [4.69, 9.17) is 0 Å². The molecule has 3 nitrogen and oxygen atoms in total. The lowest BCUT2D eigenvalue weighted by atomic mass is 9.86. The molecule has 2 rings (SSSR count). The van der Waals surface area contributed by atoms with Crippen molar-refractivity contribution < 1.29 is 0 Å². The molecule has 0 saturated heterocycles.